The monoisotopic (exact) mass is 309 g/mol. The van der Waals surface area contributed by atoms with Crippen molar-refractivity contribution in [3.63, 3.8) is 0 Å². The summed E-state index contributed by atoms with van der Waals surface area (Å²) in [6.45, 7) is 7.58. The molecule has 0 saturated carbocycles. The lowest BCUT2D eigenvalue weighted by atomic mass is 10.00. The molecule has 0 aromatic carbocycles. The molecule has 2 bridgehead atoms. The molecule has 6 nitrogen and oxygen atoms in total. The molecule has 2 aliphatic rings. The third-order valence-electron chi connectivity index (χ3n) is 4.70. The molecular weight excluding hydrogens is 282 g/mol. The molecule has 0 radical (unpaired) electrons. The second-order valence-corrected chi connectivity index (χ2v) is 7.10. The van der Waals surface area contributed by atoms with Gasteiger partial charge in [-0.25, -0.2) is 0 Å². The van der Waals surface area contributed by atoms with E-state index in [1.54, 1.807) is 0 Å². The van der Waals surface area contributed by atoms with Gasteiger partial charge >= 0.3 is 0 Å². The molecule has 22 heavy (non-hydrogen) atoms. The maximum atomic E-state index is 9.86. The highest BCUT2D eigenvalue weighted by molar-refractivity contribution is 4.98. The second-order valence-electron chi connectivity index (χ2n) is 7.10. The quantitative estimate of drug-likeness (QED) is 0.869. The van der Waals surface area contributed by atoms with Crippen LogP contribution in [-0.4, -0.2) is 44.9 Å². The van der Waals surface area contributed by atoms with Crippen molar-refractivity contribution in [2.75, 3.05) is 6.61 Å². The normalized spacial score (nSPS) is 30.1. The van der Waals surface area contributed by atoms with Gasteiger partial charge in [-0.2, -0.15) is 4.98 Å². The number of rotatable bonds is 6. The standard InChI is InChI=1S/C16H27N3O3/c1-10(2)9-21-11(3)16-17-15(22-18-16)8-19-12-4-5-13(19)7-14(20)6-12/h10-14,20H,4-9H2,1-3H3. The summed E-state index contributed by atoms with van der Waals surface area (Å²) >= 11 is 0. The summed E-state index contributed by atoms with van der Waals surface area (Å²) in [5.74, 6) is 1.77. The van der Waals surface area contributed by atoms with Crippen LogP contribution in [0, 0.1) is 5.92 Å². The second kappa shape index (κ2) is 6.64. The first-order chi connectivity index (χ1) is 10.5. The fourth-order valence-corrected chi connectivity index (χ4v) is 3.57. The Morgan fingerprint density at radius 1 is 1.27 bits per heavy atom. The van der Waals surface area contributed by atoms with Gasteiger partial charge in [-0.05, 0) is 38.5 Å². The zero-order chi connectivity index (χ0) is 15.7. The minimum atomic E-state index is -0.142. The van der Waals surface area contributed by atoms with Crippen molar-refractivity contribution in [2.24, 2.45) is 5.92 Å². The zero-order valence-electron chi connectivity index (χ0n) is 13.7. The summed E-state index contributed by atoms with van der Waals surface area (Å²) in [4.78, 5) is 6.91. The van der Waals surface area contributed by atoms with Crippen LogP contribution in [0.2, 0.25) is 0 Å². The lowest BCUT2D eigenvalue weighted by Gasteiger charge is -2.36. The Bertz CT molecular complexity index is 477. The van der Waals surface area contributed by atoms with Crippen molar-refractivity contribution in [1.29, 1.82) is 0 Å². The summed E-state index contributed by atoms with van der Waals surface area (Å²) < 4.78 is 11.1. The maximum Gasteiger partial charge on any atom is 0.240 e. The van der Waals surface area contributed by atoms with Gasteiger partial charge in [0.2, 0.25) is 5.89 Å². The van der Waals surface area contributed by atoms with Crippen LogP contribution in [0.15, 0.2) is 4.52 Å². The first-order valence-corrected chi connectivity index (χ1v) is 8.40. The van der Waals surface area contributed by atoms with Crippen LogP contribution in [0.4, 0.5) is 0 Å². The van der Waals surface area contributed by atoms with Gasteiger partial charge in [-0.3, -0.25) is 4.90 Å². The van der Waals surface area contributed by atoms with E-state index >= 15 is 0 Å². The first kappa shape index (κ1) is 15.9. The number of ether oxygens (including phenoxy) is 1. The van der Waals surface area contributed by atoms with E-state index in [1.165, 1.54) is 0 Å². The molecule has 6 heteroatoms. The van der Waals surface area contributed by atoms with Crippen LogP contribution >= 0.6 is 0 Å². The Hall–Kier alpha value is -0.980. The van der Waals surface area contributed by atoms with Gasteiger partial charge in [-0.15, -0.1) is 0 Å². The number of aliphatic hydroxyl groups is 1. The van der Waals surface area contributed by atoms with Crippen LogP contribution in [0.3, 0.4) is 0 Å². The average molecular weight is 309 g/mol. The van der Waals surface area contributed by atoms with Gasteiger partial charge < -0.3 is 14.4 Å². The fourth-order valence-electron chi connectivity index (χ4n) is 3.57. The fraction of sp³-hybridized carbons (Fsp3) is 0.875. The van der Waals surface area contributed by atoms with Crippen molar-refractivity contribution < 1.29 is 14.4 Å². The highest BCUT2D eigenvalue weighted by Crippen LogP contribution is 2.36. The van der Waals surface area contributed by atoms with Crippen molar-refractivity contribution in [1.82, 2.24) is 15.0 Å². The Kier molecular flexibility index (Phi) is 4.80. The Morgan fingerprint density at radius 3 is 2.59 bits per heavy atom. The Morgan fingerprint density at radius 2 is 1.95 bits per heavy atom. The minimum Gasteiger partial charge on any atom is -0.393 e. The number of aliphatic hydroxyl groups excluding tert-OH is 1. The molecule has 3 atom stereocenters. The van der Waals surface area contributed by atoms with Gasteiger partial charge in [0, 0.05) is 18.7 Å². The predicted molar refractivity (Wildman–Crippen MR) is 81.1 cm³/mol. The molecule has 2 aliphatic heterocycles. The average Bonchev–Trinajstić information content (AvgIpc) is 3.01. The molecule has 2 saturated heterocycles. The highest BCUT2D eigenvalue weighted by Gasteiger charge is 2.40. The zero-order valence-corrected chi connectivity index (χ0v) is 13.7. The Balaban J connectivity index is 1.58. The molecule has 1 aromatic heterocycles. The Labute approximate surface area is 131 Å². The lowest BCUT2D eigenvalue weighted by Crippen LogP contribution is -2.44. The number of aromatic nitrogens is 2. The summed E-state index contributed by atoms with van der Waals surface area (Å²) in [5, 5.41) is 13.9. The molecule has 0 spiro atoms. The van der Waals surface area contributed by atoms with Crippen LogP contribution in [-0.2, 0) is 11.3 Å². The van der Waals surface area contributed by atoms with Crippen molar-refractivity contribution >= 4 is 0 Å². The first-order valence-electron chi connectivity index (χ1n) is 8.40. The molecule has 3 unspecified atom stereocenters. The summed E-state index contributed by atoms with van der Waals surface area (Å²) in [6, 6.07) is 0.914. The van der Waals surface area contributed by atoms with E-state index in [0.717, 1.165) is 25.7 Å². The van der Waals surface area contributed by atoms with Crippen molar-refractivity contribution in [3.05, 3.63) is 11.7 Å². The lowest BCUT2D eigenvalue weighted by molar-refractivity contribution is 0.0256. The van der Waals surface area contributed by atoms with Gasteiger partial charge in [0.1, 0.15) is 6.10 Å². The van der Waals surface area contributed by atoms with Crippen LogP contribution in [0.25, 0.3) is 0 Å². The van der Waals surface area contributed by atoms with E-state index in [2.05, 4.69) is 28.9 Å². The molecule has 0 aliphatic carbocycles. The molecule has 2 fully saturated rings. The SMILES string of the molecule is CC(C)COC(C)c1noc(CN2C3CCC2CC(O)C3)n1. The van der Waals surface area contributed by atoms with Gasteiger partial charge in [0.05, 0.1) is 12.6 Å². The molecule has 0 amide bonds. The minimum absolute atomic E-state index is 0.139. The molecular formula is C16H27N3O3. The van der Waals surface area contributed by atoms with E-state index in [-0.39, 0.29) is 12.2 Å². The van der Waals surface area contributed by atoms with E-state index < -0.39 is 0 Å². The van der Waals surface area contributed by atoms with Gasteiger partial charge in [0.25, 0.3) is 0 Å². The smallest absolute Gasteiger partial charge is 0.240 e. The number of fused-ring (bicyclic) bond motifs is 2. The van der Waals surface area contributed by atoms with Gasteiger partial charge in [0.15, 0.2) is 5.82 Å². The molecule has 3 heterocycles. The topological polar surface area (TPSA) is 71.6 Å². The van der Waals surface area contributed by atoms with E-state index in [0.29, 0.717) is 42.9 Å². The van der Waals surface area contributed by atoms with Crippen LogP contribution in [0.1, 0.15) is 64.3 Å². The van der Waals surface area contributed by atoms with Crippen LogP contribution in [0.5, 0.6) is 0 Å². The van der Waals surface area contributed by atoms with E-state index in [9.17, 15) is 5.11 Å². The number of piperidine rings is 1. The van der Waals surface area contributed by atoms with Crippen LogP contribution < -0.4 is 0 Å². The van der Waals surface area contributed by atoms with Crippen molar-refractivity contribution in [2.45, 2.75) is 77.3 Å². The largest absolute Gasteiger partial charge is 0.393 e. The molecule has 124 valence electrons. The van der Waals surface area contributed by atoms with Crippen molar-refractivity contribution in [3.8, 4) is 0 Å². The summed E-state index contributed by atoms with van der Waals surface area (Å²) in [5.41, 5.74) is 0. The number of hydrogen-bond acceptors (Lipinski definition) is 6. The summed E-state index contributed by atoms with van der Waals surface area (Å²) in [6.07, 6.45) is 3.78. The molecule has 1 N–H and O–H groups in total. The van der Waals surface area contributed by atoms with E-state index in [1.807, 2.05) is 6.92 Å². The number of hydrogen-bond donors (Lipinski definition) is 1. The number of nitrogens with zero attached hydrogens (tertiary/aromatic N) is 3. The van der Waals surface area contributed by atoms with E-state index in [4.69, 9.17) is 9.26 Å². The highest BCUT2D eigenvalue weighted by atomic mass is 16.5. The molecule has 3 rings (SSSR count). The predicted octanol–water partition coefficient (Wildman–Crippen LogP) is 2.29. The van der Waals surface area contributed by atoms with Gasteiger partial charge in [-0.1, -0.05) is 19.0 Å². The third-order valence-corrected chi connectivity index (χ3v) is 4.70. The summed E-state index contributed by atoms with van der Waals surface area (Å²) in [7, 11) is 0. The molecule has 1 aromatic rings. The third kappa shape index (κ3) is 3.50. The maximum absolute atomic E-state index is 9.86.